The molecule has 0 aromatic heterocycles. The molecule has 246 valence electrons. The number of unbranched alkanes of at least 4 members (excludes halogenated alkanes) is 13. The molecule has 0 radical (unpaired) electrons. The normalized spacial score (nSPS) is 12.1. The number of hydrogen-bond donors (Lipinski definition) is 7. The number of carboxylic acid groups (broad SMARTS) is 3. The quantitative estimate of drug-likeness (QED) is 0.0481. The molecule has 0 saturated carbocycles. The molecule has 0 bridgehead atoms. The summed E-state index contributed by atoms with van der Waals surface area (Å²) < 4.78 is 0. The van der Waals surface area contributed by atoms with Crippen molar-refractivity contribution in [1.82, 2.24) is 16.0 Å². The lowest BCUT2D eigenvalue weighted by molar-refractivity contribution is -0.142. The van der Waals surface area contributed by atoms with Crippen molar-refractivity contribution in [3.05, 3.63) is 0 Å². The Morgan fingerprint density at radius 3 is 1.40 bits per heavy atom. The summed E-state index contributed by atoms with van der Waals surface area (Å²) >= 11 is 0. The van der Waals surface area contributed by atoms with E-state index in [1.807, 2.05) is 0 Å². The Morgan fingerprint density at radius 1 is 0.535 bits per heavy atom. The van der Waals surface area contributed by atoms with Crippen molar-refractivity contribution in [3.8, 4) is 0 Å². The van der Waals surface area contributed by atoms with E-state index in [-0.39, 0.29) is 38.5 Å². The van der Waals surface area contributed by atoms with Crippen LogP contribution in [0.4, 0.5) is 0 Å². The number of carboxylic acids is 3. The fourth-order valence-corrected chi connectivity index (χ4v) is 4.50. The Kier molecular flexibility index (Phi) is 24.0. The van der Waals surface area contributed by atoms with Gasteiger partial charge in [-0.25, -0.2) is 9.59 Å². The first-order valence-electron chi connectivity index (χ1n) is 15.6. The van der Waals surface area contributed by atoms with E-state index in [0.717, 1.165) is 51.2 Å². The maximum atomic E-state index is 12.2. The van der Waals surface area contributed by atoms with Gasteiger partial charge in [-0.1, -0.05) is 77.0 Å². The van der Waals surface area contributed by atoms with Crippen LogP contribution in [0.5, 0.6) is 0 Å². The summed E-state index contributed by atoms with van der Waals surface area (Å²) in [5.41, 5.74) is 0. The molecular formula is C30H52N4O9. The maximum absolute atomic E-state index is 12.2. The van der Waals surface area contributed by atoms with Gasteiger partial charge in [0.1, 0.15) is 12.1 Å². The highest BCUT2D eigenvalue weighted by atomic mass is 16.4. The van der Waals surface area contributed by atoms with Crippen molar-refractivity contribution in [2.45, 2.75) is 141 Å². The summed E-state index contributed by atoms with van der Waals surface area (Å²) in [6, 6.07) is -2.42. The van der Waals surface area contributed by atoms with Gasteiger partial charge in [0.05, 0.1) is 6.54 Å². The number of hydrogen-bond acceptors (Lipinski definition) is 7. The van der Waals surface area contributed by atoms with E-state index in [9.17, 15) is 33.9 Å². The van der Waals surface area contributed by atoms with Crippen molar-refractivity contribution < 1.29 is 44.1 Å². The van der Waals surface area contributed by atoms with Gasteiger partial charge in [-0.3, -0.25) is 19.2 Å². The van der Waals surface area contributed by atoms with Crippen LogP contribution in [0.2, 0.25) is 0 Å². The highest BCUT2D eigenvalue weighted by Gasteiger charge is 2.22. The highest BCUT2D eigenvalue weighted by Crippen LogP contribution is 2.14. The van der Waals surface area contributed by atoms with Gasteiger partial charge in [-0.05, 0) is 38.3 Å². The molecule has 0 aliphatic heterocycles. The fraction of sp³-hybridized carbons (Fsp3) is 0.767. The van der Waals surface area contributed by atoms with Gasteiger partial charge >= 0.3 is 17.9 Å². The van der Waals surface area contributed by atoms with Crippen LogP contribution in [-0.4, -0.2) is 75.8 Å². The molecule has 2 atom stereocenters. The molecule has 0 aliphatic carbocycles. The average Bonchev–Trinajstić information content (AvgIpc) is 2.95. The van der Waals surface area contributed by atoms with Gasteiger partial charge in [-0.2, -0.15) is 0 Å². The number of rotatable bonds is 29. The second-order valence-electron chi connectivity index (χ2n) is 10.9. The van der Waals surface area contributed by atoms with Crippen LogP contribution in [0.3, 0.4) is 0 Å². The second kappa shape index (κ2) is 26.1. The number of carbonyl (C=O) groups is 6. The molecule has 7 N–H and O–H groups in total. The molecule has 0 fully saturated rings. The van der Waals surface area contributed by atoms with Gasteiger partial charge in [0.2, 0.25) is 17.7 Å². The van der Waals surface area contributed by atoms with Gasteiger partial charge < -0.3 is 36.7 Å². The van der Waals surface area contributed by atoms with Crippen LogP contribution < -0.4 is 16.0 Å². The van der Waals surface area contributed by atoms with Crippen LogP contribution in [0.25, 0.3) is 0 Å². The van der Waals surface area contributed by atoms with Crippen molar-refractivity contribution in [2.75, 3.05) is 6.54 Å². The zero-order valence-electron chi connectivity index (χ0n) is 25.4. The largest absolute Gasteiger partial charge is 0.481 e. The van der Waals surface area contributed by atoms with Crippen molar-refractivity contribution in [3.63, 3.8) is 0 Å². The SMILES string of the molecule is N=CCCC(NC(=O)CNC(=O)CCC(NC(=O)CCCCCCCCCCCCCCCCC(=O)O)C(=O)O)C(=O)O. The summed E-state index contributed by atoms with van der Waals surface area (Å²) in [4.78, 5) is 69.3. The van der Waals surface area contributed by atoms with E-state index in [4.69, 9.17) is 15.6 Å². The van der Waals surface area contributed by atoms with Crippen LogP contribution >= 0.6 is 0 Å². The predicted octanol–water partition coefficient (Wildman–Crippen LogP) is 3.78. The third-order valence-electron chi connectivity index (χ3n) is 7.02. The maximum Gasteiger partial charge on any atom is 0.326 e. The topological polar surface area (TPSA) is 223 Å². The third-order valence-corrected chi connectivity index (χ3v) is 7.02. The zero-order valence-corrected chi connectivity index (χ0v) is 25.4. The van der Waals surface area contributed by atoms with E-state index in [2.05, 4.69) is 16.0 Å². The molecule has 0 aromatic rings. The van der Waals surface area contributed by atoms with E-state index in [1.165, 1.54) is 38.5 Å². The molecule has 43 heavy (non-hydrogen) atoms. The molecule has 0 saturated heterocycles. The fourth-order valence-electron chi connectivity index (χ4n) is 4.50. The van der Waals surface area contributed by atoms with Crippen LogP contribution in [0.1, 0.15) is 128 Å². The Bertz CT molecular complexity index is 867. The molecule has 0 rings (SSSR count). The van der Waals surface area contributed by atoms with E-state index in [1.54, 1.807) is 0 Å². The van der Waals surface area contributed by atoms with Crippen molar-refractivity contribution in [2.24, 2.45) is 0 Å². The Hall–Kier alpha value is -3.51. The molecule has 13 nitrogen and oxygen atoms in total. The minimum Gasteiger partial charge on any atom is -0.481 e. The van der Waals surface area contributed by atoms with Gasteiger partial charge in [0.25, 0.3) is 0 Å². The lowest BCUT2D eigenvalue weighted by atomic mass is 10.0. The first-order valence-corrected chi connectivity index (χ1v) is 15.6. The molecule has 2 unspecified atom stereocenters. The molecule has 3 amide bonds. The van der Waals surface area contributed by atoms with Crippen LogP contribution in [0.15, 0.2) is 0 Å². The van der Waals surface area contributed by atoms with E-state index >= 15 is 0 Å². The lowest BCUT2D eigenvalue weighted by Crippen LogP contribution is -2.46. The monoisotopic (exact) mass is 612 g/mol. The second-order valence-corrected chi connectivity index (χ2v) is 10.9. The number of carbonyl (C=O) groups excluding carboxylic acids is 3. The van der Waals surface area contributed by atoms with Crippen molar-refractivity contribution in [1.29, 1.82) is 5.41 Å². The van der Waals surface area contributed by atoms with Gasteiger partial charge in [0, 0.05) is 19.3 Å². The third kappa shape index (κ3) is 24.8. The standard InChI is InChI=1S/C30H52N4O9/c31-21-15-16-23(29(40)41)34-27(37)22-32-25(35)20-19-24(30(42)43)33-26(36)17-13-11-9-7-5-3-1-2-4-6-8-10-12-14-18-28(38)39/h21,23-24,31H,1-20,22H2,(H,32,35)(H,33,36)(H,34,37)(H,38,39)(H,40,41)(H,42,43). The van der Waals surface area contributed by atoms with Crippen LogP contribution in [0, 0.1) is 5.41 Å². The Morgan fingerprint density at radius 2 is 0.953 bits per heavy atom. The van der Waals surface area contributed by atoms with Crippen molar-refractivity contribution >= 4 is 41.8 Å². The Balaban J connectivity index is 3.90. The summed E-state index contributed by atoms with van der Waals surface area (Å²) in [7, 11) is 0. The number of amides is 3. The predicted molar refractivity (Wildman–Crippen MR) is 161 cm³/mol. The highest BCUT2D eigenvalue weighted by molar-refractivity contribution is 5.88. The minimum atomic E-state index is -1.26. The lowest BCUT2D eigenvalue weighted by Gasteiger charge is -2.15. The molecule has 0 heterocycles. The summed E-state index contributed by atoms with van der Waals surface area (Å²) in [5.74, 6) is -4.94. The first kappa shape index (κ1) is 39.5. The average molecular weight is 613 g/mol. The zero-order chi connectivity index (χ0) is 32.3. The minimum absolute atomic E-state index is 0.0428. The summed E-state index contributed by atoms with van der Waals surface area (Å²) in [6.07, 6.45) is 16.2. The number of aliphatic carboxylic acids is 3. The Labute approximate surface area is 254 Å². The smallest absolute Gasteiger partial charge is 0.326 e. The van der Waals surface area contributed by atoms with Gasteiger partial charge in [-0.15, -0.1) is 0 Å². The summed E-state index contributed by atoms with van der Waals surface area (Å²) in [6.45, 7) is -0.476. The molecule has 0 aromatic carbocycles. The van der Waals surface area contributed by atoms with Crippen LogP contribution in [-0.2, 0) is 28.8 Å². The summed E-state index contributed by atoms with van der Waals surface area (Å²) in [5, 5.41) is 41.1. The molecular weight excluding hydrogens is 560 g/mol. The first-order chi connectivity index (χ1) is 20.6. The molecule has 0 aliphatic rings. The molecule has 13 heteroatoms. The number of nitrogens with one attached hydrogen (secondary N) is 4. The van der Waals surface area contributed by atoms with E-state index in [0.29, 0.717) is 6.42 Å². The van der Waals surface area contributed by atoms with Gasteiger partial charge in [0.15, 0.2) is 0 Å². The van der Waals surface area contributed by atoms with E-state index < -0.39 is 54.3 Å². The molecule has 0 spiro atoms.